The molecule has 0 radical (unpaired) electrons. The monoisotopic (exact) mass is 276 g/mol. The lowest BCUT2D eigenvalue weighted by Crippen LogP contribution is -2.13. The summed E-state index contributed by atoms with van der Waals surface area (Å²) in [4.78, 5) is 8.28. The zero-order valence-electron chi connectivity index (χ0n) is 11.5. The molecule has 3 aromatic rings. The molecule has 3 nitrogen and oxygen atoms in total. The summed E-state index contributed by atoms with van der Waals surface area (Å²) in [6.45, 7) is 0. The molecule has 0 amide bonds. The molecule has 0 aliphatic rings. The van der Waals surface area contributed by atoms with Gasteiger partial charge in [0.05, 0.1) is 6.10 Å². The Bertz CT molecular complexity index is 632. The highest BCUT2D eigenvalue weighted by Crippen LogP contribution is 2.35. The van der Waals surface area contributed by atoms with Crippen molar-refractivity contribution in [2.24, 2.45) is 0 Å². The molecule has 2 atom stereocenters. The molecule has 21 heavy (non-hydrogen) atoms. The van der Waals surface area contributed by atoms with Crippen molar-refractivity contribution in [2.75, 3.05) is 0 Å². The normalized spacial score (nSPS) is 13.6. The second kappa shape index (κ2) is 6.29. The summed E-state index contributed by atoms with van der Waals surface area (Å²) in [7, 11) is 0. The number of pyridine rings is 2. The summed E-state index contributed by atoms with van der Waals surface area (Å²) < 4.78 is 0. The number of hydrogen-bond donors (Lipinski definition) is 1. The predicted molar refractivity (Wildman–Crippen MR) is 81.7 cm³/mol. The van der Waals surface area contributed by atoms with Gasteiger partial charge < -0.3 is 5.11 Å². The molecular formula is C18H16N2O. The fourth-order valence-electron chi connectivity index (χ4n) is 2.52. The van der Waals surface area contributed by atoms with Crippen molar-refractivity contribution < 1.29 is 5.11 Å². The van der Waals surface area contributed by atoms with Crippen LogP contribution in [0.5, 0.6) is 0 Å². The van der Waals surface area contributed by atoms with Crippen LogP contribution in [0.25, 0.3) is 0 Å². The Labute approximate surface area is 124 Å². The topological polar surface area (TPSA) is 46.0 Å². The average molecular weight is 276 g/mol. The number of aliphatic hydroxyl groups excluding tert-OH is 1. The fourth-order valence-corrected chi connectivity index (χ4v) is 2.52. The number of aromatic nitrogens is 2. The molecule has 2 aromatic heterocycles. The van der Waals surface area contributed by atoms with E-state index in [2.05, 4.69) is 9.97 Å². The van der Waals surface area contributed by atoms with Gasteiger partial charge in [-0.3, -0.25) is 9.97 Å². The molecule has 0 bridgehead atoms. The van der Waals surface area contributed by atoms with E-state index in [-0.39, 0.29) is 5.92 Å². The third kappa shape index (κ3) is 2.98. The summed E-state index contributed by atoms with van der Waals surface area (Å²) in [5.41, 5.74) is 2.84. The minimum atomic E-state index is -0.662. The van der Waals surface area contributed by atoms with Gasteiger partial charge in [-0.2, -0.15) is 0 Å². The van der Waals surface area contributed by atoms with Crippen LogP contribution in [0, 0.1) is 0 Å². The van der Waals surface area contributed by atoms with Crippen LogP contribution in [0.4, 0.5) is 0 Å². The Balaban J connectivity index is 2.05. The lowest BCUT2D eigenvalue weighted by molar-refractivity contribution is 0.158. The SMILES string of the molecule is O[C@@H](c1cccnc1)[C@@H](c1ccccc1)c1cccnc1. The maximum atomic E-state index is 10.8. The minimum absolute atomic E-state index is 0.163. The standard InChI is InChI=1S/C18H16N2O/c21-18(16-9-5-11-20-13-16)17(14-6-2-1-3-7-14)15-8-4-10-19-12-15/h1-13,17-18,21H/t17-,18-/m0/s1. The van der Waals surface area contributed by atoms with E-state index in [4.69, 9.17) is 0 Å². The van der Waals surface area contributed by atoms with Gasteiger partial charge in [-0.1, -0.05) is 42.5 Å². The van der Waals surface area contributed by atoms with Crippen LogP contribution >= 0.6 is 0 Å². The van der Waals surface area contributed by atoms with Crippen molar-refractivity contribution in [3.8, 4) is 0 Å². The first-order valence-corrected chi connectivity index (χ1v) is 6.89. The van der Waals surface area contributed by atoms with Crippen molar-refractivity contribution in [2.45, 2.75) is 12.0 Å². The summed E-state index contributed by atoms with van der Waals surface area (Å²) in [5, 5.41) is 10.8. The molecule has 3 rings (SSSR count). The number of hydrogen-bond acceptors (Lipinski definition) is 3. The molecular weight excluding hydrogens is 260 g/mol. The second-order valence-electron chi connectivity index (χ2n) is 4.91. The largest absolute Gasteiger partial charge is 0.387 e. The third-order valence-electron chi connectivity index (χ3n) is 3.54. The Morgan fingerprint density at radius 3 is 1.81 bits per heavy atom. The van der Waals surface area contributed by atoms with Crippen LogP contribution < -0.4 is 0 Å². The smallest absolute Gasteiger partial charge is 0.0914 e. The fraction of sp³-hybridized carbons (Fsp3) is 0.111. The molecule has 1 N–H and O–H groups in total. The minimum Gasteiger partial charge on any atom is -0.387 e. The molecule has 1 aromatic carbocycles. The predicted octanol–water partition coefficient (Wildman–Crippen LogP) is 3.34. The average Bonchev–Trinajstić information content (AvgIpc) is 2.58. The van der Waals surface area contributed by atoms with E-state index in [1.165, 1.54) is 0 Å². The van der Waals surface area contributed by atoms with Crippen LogP contribution in [0.3, 0.4) is 0 Å². The molecule has 0 unspecified atom stereocenters. The molecule has 0 fully saturated rings. The second-order valence-corrected chi connectivity index (χ2v) is 4.91. The van der Waals surface area contributed by atoms with Gasteiger partial charge in [0.1, 0.15) is 0 Å². The van der Waals surface area contributed by atoms with Gasteiger partial charge >= 0.3 is 0 Å². The molecule has 104 valence electrons. The zero-order valence-corrected chi connectivity index (χ0v) is 11.5. The van der Waals surface area contributed by atoms with Crippen LogP contribution in [0.2, 0.25) is 0 Å². The van der Waals surface area contributed by atoms with Gasteiger partial charge in [0.25, 0.3) is 0 Å². The highest BCUT2D eigenvalue weighted by Gasteiger charge is 2.24. The van der Waals surface area contributed by atoms with Crippen molar-refractivity contribution in [1.82, 2.24) is 9.97 Å². The van der Waals surface area contributed by atoms with E-state index < -0.39 is 6.10 Å². The molecule has 0 aliphatic heterocycles. The van der Waals surface area contributed by atoms with E-state index in [1.807, 2.05) is 54.6 Å². The number of benzene rings is 1. The summed E-state index contributed by atoms with van der Waals surface area (Å²) in [5.74, 6) is -0.163. The van der Waals surface area contributed by atoms with Crippen molar-refractivity contribution in [3.05, 3.63) is 96.1 Å². The highest BCUT2D eigenvalue weighted by molar-refractivity contribution is 5.35. The third-order valence-corrected chi connectivity index (χ3v) is 3.54. The van der Waals surface area contributed by atoms with Gasteiger partial charge in [0.2, 0.25) is 0 Å². The maximum Gasteiger partial charge on any atom is 0.0914 e. The van der Waals surface area contributed by atoms with Gasteiger partial charge in [0.15, 0.2) is 0 Å². The van der Waals surface area contributed by atoms with Crippen molar-refractivity contribution in [3.63, 3.8) is 0 Å². The zero-order chi connectivity index (χ0) is 14.5. The Morgan fingerprint density at radius 1 is 0.667 bits per heavy atom. The summed E-state index contributed by atoms with van der Waals surface area (Å²) >= 11 is 0. The molecule has 0 saturated heterocycles. The van der Waals surface area contributed by atoms with Crippen LogP contribution in [-0.4, -0.2) is 15.1 Å². The first kappa shape index (κ1) is 13.5. The van der Waals surface area contributed by atoms with E-state index in [0.29, 0.717) is 0 Å². The van der Waals surface area contributed by atoms with Gasteiger partial charge in [0, 0.05) is 30.7 Å². The Kier molecular flexibility index (Phi) is 4.03. The molecule has 2 heterocycles. The van der Waals surface area contributed by atoms with Crippen LogP contribution in [-0.2, 0) is 0 Å². The Morgan fingerprint density at radius 2 is 1.24 bits per heavy atom. The van der Waals surface area contributed by atoms with E-state index in [0.717, 1.165) is 16.7 Å². The Hall–Kier alpha value is -2.52. The molecule has 3 heteroatoms. The first-order valence-electron chi connectivity index (χ1n) is 6.89. The van der Waals surface area contributed by atoms with E-state index >= 15 is 0 Å². The van der Waals surface area contributed by atoms with E-state index in [1.54, 1.807) is 24.8 Å². The molecule has 0 saturated carbocycles. The summed E-state index contributed by atoms with van der Waals surface area (Å²) in [6.07, 6.45) is 6.29. The van der Waals surface area contributed by atoms with Gasteiger partial charge in [-0.15, -0.1) is 0 Å². The number of rotatable bonds is 4. The highest BCUT2D eigenvalue weighted by atomic mass is 16.3. The van der Waals surface area contributed by atoms with Crippen molar-refractivity contribution in [1.29, 1.82) is 0 Å². The number of aliphatic hydroxyl groups is 1. The number of nitrogens with zero attached hydrogens (tertiary/aromatic N) is 2. The van der Waals surface area contributed by atoms with Crippen LogP contribution in [0.1, 0.15) is 28.7 Å². The van der Waals surface area contributed by atoms with E-state index in [9.17, 15) is 5.11 Å². The molecule has 0 aliphatic carbocycles. The quantitative estimate of drug-likeness (QED) is 0.795. The van der Waals surface area contributed by atoms with Crippen molar-refractivity contribution >= 4 is 0 Å². The lowest BCUT2D eigenvalue weighted by Gasteiger charge is -2.23. The first-order chi connectivity index (χ1) is 10.4. The molecule has 0 spiro atoms. The summed E-state index contributed by atoms with van der Waals surface area (Å²) in [6, 6.07) is 17.6. The van der Waals surface area contributed by atoms with Crippen LogP contribution in [0.15, 0.2) is 79.4 Å². The lowest BCUT2D eigenvalue weighted by atomic mass is 9.85. The maximum absolute atomic E-state index is 10.8. The van der Waals surface area contributed by atoms with Gasteiger partial charge in [-0.25, -0.2) is 0 Å². The van der Waals surface area contributed by atoms with Gasteiger partial charge in [-0.05, 0) is 28.8 Å².